The number of aliphatic hydroxyl groups is 1. The van der Waals surface area contributed by atoms with E-state index in [1.807, 2.05) is 12.1 Å². The maximum atomic E-state index is 11.5. The highest BCUT2D eigenvalue weighted by atomic mass is 16.5. The molecule has 2 heterocycles. The normalized spacial score (nSPS) is 20.4. The van der Waals surface area contributed by atoms with Crippen LogP contribution in [-0.2, 0) is 16.1 Å². The summed E-state index contributed by atoms with van der Waals surface area (Å²) in [6.45, 7) is 5.86. The molecule has 0 amide bonds. The largest absolute Gasteiger partial charge is 0.491 e. The molecule has 0 aliphatic carbocycles. The predicted molar refractivity (Wildman–Crippen MR) is 99.0 cm³/mol. The molecule has 3 rings (SSSR count). The van der Waals surface area contributed by atoms with Gasteiger partial charge >= 0.3 is 5.97 Å². The van der Waals surface area contributed by atoms with Crippen LogP contribution in [0, 0.1) is 5.92 Å². The highest BCUT2D eigenvalue weighted by Gasteiger charge is 2.26. The van der Waals surface area contributed by atoms with E-state index in [4.69, 9.17) is 9.47 Å². The zero-order chi connectivity index (χ0) is 18.4. The molecule has 2 aliphatic heterocycles. The van der Waals surface area contributed by atoms with Crippen molar-refractivity contribution in [3.63, 3.8) is 0 Å². The number of likely N-dealkylation sites (tertiary alicyclic amines) is 2. The zero-order valence-electron chi connectivity index (χ0n) is 15.6. The Balaban J connectivity index is 1.35. The first-order valence-corrected chi connectivity index (χ1v) is 9.56. The van der Waals surface area contributed by atoms with E-state index in [-0.39, 0.29) is 18.5 Å². The van der Waals surface area contributed by atoms with Crippen molar-refractivity contribution in [3.05, 3.63) is 29.8 Å². The van der Waals surface area contributed by atoms with E-state index in [1.165, 1.54) is 32.2 Å². The molecule has 0 aromatic heterocycles. The van der Waals surface area contributed by atoms with Gasteiger partial charge in [-0.05, 0) is 63.1 Å². The van der Waals surface area contributed by atoms with Crippen molar-refractivity contribution < 1.29 is 19.4 Å². The van der Waals surface area contributed by atoms with Gasteiger partial charge in [-0.1, -0.05) is 12.1 Å². The van der Waals surface area contributed by atoms with Gasteiger partial charge in [-0.2, -0.15) is 0 Å². The van der Waals surface area contributed by atoms with Gasteiger partial charge in [0.2, 0.25) is 0 Å². The fourth-order valence-electron chi connectivity index (χ4n) is 3.55. The van der Waals surface area contributed by atoms with Crippen LogP contribution >= 0.6 is 0 Å². The number of nitrogens with zero attached hydrogens (tertiary/aromatic N) is 2. The number of benzene rings is 1. The number of piperidine rings is 1. The van der Waals surface area contributed by atoms with Crippen molar-refractivity contribution in [2.24, 2.45) is 5.92 Å². The van der Waals surface area contributed by atoms with Gasteiger partial charge in [0.1, 0.15) is 18.5 Å². The Morgan fingerprint density at radius 2 is 1.85 bits per heavy atom. The summed E-state index contributed by atoms with van der Waals surface area (Å²) in [6, 6.07) is 8.14. The Labute approximate surface area is 155 Å². The molecular formula is C20H30N2O4. The molecule has 0 unspecified atom stereocenters. The number of carbonyl (C=O) groups excluding carboxylic acids is 1. The van der Waals surface area contributed by atoms with Crippen LogP contribution in [0.2, 0.25) is 0 Å². The van der Waals surface area contributed by atoms with Crippen LogP contribution in [0.4, 0.5) is 0 Å². The van der Waals surface area contributed by atoms with E-state index in [2.05, 4.69) is 21.9 Å². The van der Waals surface area contributed by atoms with Crippen molar-refractivity contribution >= 4 is 5.97 Å². The van der Waals surface area contributed by atoms with Gasteiger partial charge in [-0.3, -0.25) is 9.69 Å². The average molecular weight is 362 g/mol. The number of carbonyl (C=O) groups is 1. The first-order chi connectivity index (χ1) is 12.6. The van der Waals surface area contributed by atoms with Crippen LogP contribution in [0.25, 0.3) is 0 Å². The number of aliphatic hydroxyl groups excluding tert-OH is 1. The molecule has 2 aliphatic rings. The Bertz CT molecular complexity index is 566. The summed E-state index contributed by atoms with van der Waals surface area (Å²) < 4.78 is 10.5. The highest BCUT2D eigenvalue weighted by Crippen LogP contribution is 2.19. The molecule has 2 saturated heterocycles. The number of rotatable bonds is 8. The van der Waals surface area contributed by atoms with Gasteiger partial charge in [0.05, 0.1) is 13.0 Å². The van der Waals surface area contributed by atoms with Crippen LogP contribution in [-0.4, -0.2) is 73.4 Å². The van der Waals surface area contributed by atoms with Gasteiger partial charge in [-0.25, -0.2) is 0 Å². The van der Waals surface area contributed by atoms with Gasteiger partial charge in [-0.15, -0.1) is 0 Å². The third kappa shape index (κ3) is 5.43. The molecule has 1 atom stereocenters. The van der Waals surface area contributed by atoms with Crippen LogP contribution < -0.4 is 4.74 Å². The highest BCUT2D eigenvalue weighted by molar-refractivity contribution is 5.72. The third-order valence-electron chi connectivity index (χ3n) is 5.31. The molecule has 1 aromatic rings. The summed E-state index contributed by atoms with van der Waals surface area (Å²) in [7, 11) is 1.44. The van der Waals surface area contributed by atoms with E-state index >= 15 is 0 Å². The Kier molecular flexibility index (Phi) is 6.88. The quantitative estimate of drug-likeness (QED) is 0.708. The van der Waals surface area contributed by atoms with Crippen molar-refractivity contribution in [2.75, 3.05) is 46.4 Å². The molecule has 6 heteroatoms. The molecule has 1 aromatic carbocycles. The second-order valence-corrected chi connectivity index (χ2v) is 7.34. The molecule has 0 spiro atoms. The van der Waals surface area contributed by atoms with Crippen molar-refractivity contribution in [2.45, 2.75) is 31.9 Å². The van der Waals surface area contributed by atoms with Gasteiger partial charge in [0.15, 0.2) is 0 Å². The van der Waals surface area contributed by atoms with Crippen LogP contribution in [0.1, 0.15) is 24.8 Å². The average Bonchev–Trinajstić information content (AvgIpc) is 2.64. The number of esters is 1. The maximum absolute atomic E-state index is 11.5. The predicted octanol–water partition coefficient (Wildman–Crippen LogP) is 1.52. The molecule has 0 radical (unpaired) electrons. The van der Waals surface area contributed by atoms with Crippen LogP contribution in [0.5, 0.6) is 5.75 Å². The number of β-amino-alcohol motifs (C(OH)–C–C–N with tert-alkyl or cyclic N) is 1. The lowest BCUT2D eigenvalue weighted by atomic mass is 9.97. The fraction of sp³-hybridized carbons (Fsp3) is 0.650. The molecule has 6 nitrogen and oxygen atoms in total. The topological polar surface area (TPSA) is 62.2 Å². The first-order valence-electron chi connectivity index (χ1n) is 9.56. The number of hydrogen-bond donors (Lipinski definition) is 1. The smallest absolute Gasteiger partial charge is 0.308 e. The first kappa shape index (κ1) is 19.1. The molecule has 1 N–H and O–H groups in total. The Morgan fingerprint density at radius 3 is 2.42 bits per heavy atom. The summed E-state index contributed by atoms with van der Waals surface area (Å²) in [5.41, 5.74) is 1.30. The van der Waals surface area contributed by atoms with E-state index in [9.17, 15) is 9.90 Å². The van der Waals surface area contributed by atoms with Gasteiger partial charge in [0, 0.05) is 13.1 Å². The monoisotopic (exact) mass is 362 g/mol. The van der Waals surface area contributed by atoms with E-state index in [0.29, 0.717) is 6.54 Å². The van der Waals surface area contributed by atoms with Crippen molar-refractivity contribution in [3.8, 4) is 5.75 Å². The van der Waals surface area contributed by atoms with Crippen LogP contribution in [0.3, 0.4) is 0 Å². The minimum Gasteiger partial charge on any atom is -0.491 e. The molecule has 0 saturated carbocycles. The second-order valence-electron chi connectivity index (χ2n) is 7.34. The SMILES string of the molecule is COC(=O)C1CCN(C[C@@H](O)COc2ccc(CN3CCC3)cc2)CC1. The minimum atomic E-state index is -0.537. The lowest BCUT2D eigenvalue weighted by molar-refractivity contribution is -0.147. The van der Waals surface area contributed by atoms with E-state index in [1.54, 1.807) is 0 Å². The summed E-state index contributed by atoms with van der Waals surface area (Å²) in [6.07, 6.45) is 2.35. The zero-order valence-corrected chi connectivity index (χ0v) is 15.6. The molecule has 2 fully saturated rings. The van der Waals surface area contributed by atoms with Crippen molar-refractivity contribution in [1.29, 1.82) is 0 Å². The van der Waals surface area contributed by atoms with Gasteiger partial charge in [0.25, 0.3) is 0 Å². The molecule has 144 valence electrons. The summed E-state index contributed by atoms with van der Waals surface area (Å²) in [4.78, 5) is 16.1. The third-order valence-corrected chi connectivity index (χ3v) is 5.31. The minimum absolute atomic E-state index is 0.000537. The maximum Gasteiger partial charge on any atom is 0.308 e. The van der Waals surface area contributed by atoms with Crippen LogP contribution in [0.15, 0.2) is 24.3 Å². The molecule has 26 heavy (non-hydrogen) atoms. The molecule has 0 bridgehead atoms. The van der Waals surface area contributed by atoms with E-state index in [0.717, 1.165) is 38.2 Å². The van der Waals surface area contributed by atoms with E-state index < -0.39 is 6.10 Å². The Hall–Kier alpha value is -1.63. The summed E-state index contributed by atoms with van der Waals surface area (Å²) >= 11 is 0. The lowest BCUT2D eigenvalue weighted by Gasteiger charge is -2.31. The summed E-state index contributed by atoms with van der Waals surface area (Å²) in [5.74, 6) is 0.673. The Morgan fingerprint density at radius 1 is 1.15 bits per heavy atom. The van der Waals surface area contributed by atoms with Gasteiger partial charge < -0.3 is 19.5 Å². The molecular weight excluding hydrogens is 332 g/mol. The standard InChI is InChI=1S/C20H30N2O4/c1-25-20(24)17-7-11-22(12-8-17)14-18(23)15-26-19-5-3-16(4-6-19)13-21-9-2-10-21/h3-6,17-18,23H,2,7-15H2,1H3/t18-/m1/s1. The number of ether oxygens (including phenoxy) is 2. The lowest BCUT2D eigenvalue weighted by Crippen LogP contribution is -2.42. The second kappa shape index (κ2) is 9.35. The number of hydrogen-bond acceptors (Lipinski definition) is 6. The summed E-state index contributed by atoms with van der Waals surface area (Å²) in [5, 5.41) is 10.2. The number of methoxy groups -OCH3 is 1. The van der Waals surface area contributed by atoms with Crippen molar-refractivity contribution in [1.82, 2.24) is 9.80 Å². The fourth-order valence-corrected chi connectivity index (χ4v) is 3.55.